The van der Waals surface area contributed by atoms with Gasteiger partial charge in [-0.25, -0.2) is 4.79 Å². The zero-order valence-corrected chi connectivity index (χ0v) is 12.7. The number of halogens is 1. The number of rotatable bonds is 4. The van der Waals surface area contributed by atoms with Crippen LogP contribution in [0.1, 0.15) is 11.3 Å². The Morgan fingerprint density at radius 3 is 3.17 bits per heavy atom. The summed E-state index contributed by atoms with van der Waals surface area (Å²) in [6.07, 6.45) is 1.04. The molecule has 0 bridgehead atoms. The molecule has 0 radical (unpaired) electrons. The quantitative estimate of drug-likeness (QED) is 0.920. The second kappa shape index (κ2) is 6.54. The first-order chi connectivity index (χ1) is 8.65. The molecular formula is C12H17BrN2O2S. The van der Waals surface area contributed by atoms with Crippen molar-refractivity contribution in [2.45, 2.75) is 13.0 Å². The normalized spacial score (nSPS) is 18.9. The number of ether oxygens (including phenoxy) is 1. The molecule has 18 heavy (non-hydrogen) atoms. The molecule has 0 spiro atoms. The van der Waals surface area contributed by atoms with Crippen molar-refractivity contribution in [3.05, 3.63) is 20.8 Å². The standard InChI is InChI=1S/C12H17BrN2O2S/c1-15(6-11-4-10(13)8-18-11)12(16)14-5-9-2-3-17-7-9/h4,8-9H,2-3,5-7H2,1H3,(H,14,16). The summed E-state index contributed by atoms with van der Waals surface area (Å²) >= 11 is 5.06. The van der Waals surface area contributed by atoms with E-state index >= 15 is 0 Å². The fourth-order valence-electron chi connectivity index (χ4n) is 1.85. The molecule has 0 aromatic carbocycles. The molecule has 1 aromatic rings. The minimum absolute atomic E-state index is 0.0218. The Kier molecular flexibility index (Phi) is 5.03. The predicted octanol–water partition coefficient (Wildman–Crippen LogP) is 2.69. The highest BCUT2D eigenvalue weighted by molar-refractivity contribution is 9.10. The number of carbonyl (C=O) groups is 1. The first-order valence-corrected chi connectivity index (χ1v) is 7.62. The van der Waals surface area contributed by atoms with Crippen molar-refractivity contribution in [3.8, 4) is 0 Å². The maximum atomic E-state index is 11.9. The van der Waals surface area contributed by atoms with Crippen molar-refractivity contribution in [2.24, 2.45) is 5.92 Å². The van der Waals surface area contributed by atoms with Crippen molar-refractivity contribution in [1.29, 1.82) is 0 Å². The van der Waals surface area contributed by atoms with Gasteiger partial charge >= 0.3 is 6.03 Å². The molecule has 2 amide bonds. The molecule has 1 N–H and O–H groups in total. The van der Waals surface area contributed by atoms with Crippen molar-refractivity contribution >= 4 is 33.3 Å². The molecule has 2 heterocycles. The van der Waals surface area contributed by atoms with Crippen molar-refractivity contribution in [1.82, 2.24) is 10.2 Å². The Morgan fingerprint density at radius 1 is 1.72 bits per heavy atom. The van der Waals surface area contributed by atoms with E-state index in [1.807, 2.05) is 18.5 Å². The Hall–Kier alpha value is -0.590. The average Bonchev–Trinajstić information content (AvgIpc) is 2.97. The number of hydrogen-bond donors (Lipinski definition) is 1. The minimum Gasteiger partial charge on any atom is -0.381 e. The van der Waals surface area contributed by atoms with Gasteiger partial charge in [-0.15, -0.1) is 11.3 Å². The Morgan fingerprint density at radius 2 is 2.56 bits per heavy atom. The van der Waals surface area contributed by atoms with Gasteiger partial charge in [0.15, 0.2) is 0 Å². The van der Waals surface area contributed by atoms with E-state index in [0.29, 0.717) is 19.0 Å². The number of carbonyl (C=O) groups excluding carboxylic acids is 1. The second-order valence-corrected chi connectivity index (χ2v) is 6.41. The van der Waals surface area contributed by atoms with Crippen LogP contribution in [0, 0.1) is 5.92 Å². The summed E-state index contributed by atoms with van der Waals surface area (Å²) in [5.41, 5.74) is 0. The fraction of sp³-hybridized carbons (Fsp3) is 0.583. The first kappa shape index (κ1) is 13.8. The lowest BCUT2D eigenvalue weighted by atomic mass is 10.1. The molecule has 0 saturated carbocycles. The molecular weight excluding hydrogens is 316 g/mol. The van der Waals surface area contributed by atoms with E-state index in [1.165, 1.54) is 4.88 Å². The van der Waals surface area contributed by atoms with Gasteiger partial charge < -0.3 is 15.0 Å². The maximum absolute atomic E-state index is 11.9. The van der Waals surface area contributed by atoms with Crippen LogP contribution >= 0.6 is 27.3 Å². The van der Waals surface area contributed by atoms with Gasteiger partial charge in [-0.1, -0.05) is 0 Å². The van der Waals surface area contributed by atoms with Gasteiger partial charge in [0.05, 0.1) is 13.2 Å². The molecule has 1 saturated heterocycles. The zero-order valence-electron chi connectivity index (χ0n) is 10.3. The molecule has 4 nitrogen and oxygen atoms in total. The summed E-state index contributed by atoms with van der Waals surface area (Å²) in [6.45, 7) is 2.93. The lowest BCUT2D eigenvalue weighted by Crippen LogP contribution is -2.39. The van der Waals surface area contributed by atoms with E-state index in [0.717, 1.165) is 24.1 Å². The van der Waals surface area contributed by atoms with E-state index in [-0.39, 0.29) is 6.03 Å². The smallest absolute Gasteiger partial charge is 0.317 e. The summed E-state index contributed by atoms with van der Waals surface area (Å²) in [6, 6.07) is 2.02. The third kappa shape index (κ3) is 3.96. The number of amides is 2. The number of nitrogens with one attached hydrogen (secondary N) is 1. The predicted molar refractivity (Wildman–Crippen MR) is 75.8 cm³/mol. The molecule has 0 aliphatic carbocycles. The van der Waals surface area contributed by atoms with Gasteiger partial charge in [-0.3, -0.25) is 0 Å². The Bertz CT molecular complexity index is 405. The molecule has 2 rings (SSSR count). The lowest BCUT2D eigenvalue weighted by molar-refractivity contribution is 0.182. The van der Waals surface area contributed by atoms with E-state index in [9.17, 15) is 4.79 Å². The molecule has 6 heteroatoms. The topological polar surface area (TPSA) is 41.6 Å². The van der Waals surface area contributed by atoms with Gasteiger partial charge in [0.1, 0.15) is 0 Å². The number of nitrogens with zero attached hydrogens (tertiary/aromatic N) is 1. The summed E-state index contributed by atoms with van der Waals surface area (Å²) in [4.78, 5) is 14.8. The Balaban J connectivity index is 1.74. The average molecular weight is 333 g/mol. The van der Waals surface area contributed by atoms with Gasteiger partial charge in [0.25, 0.3) is 0 Å². The van der Waals surface area contributed by atoms with Crippen molar-refractivity contribution < 1.29 is 9.53 Å². The SMILES string of the molecule is CN(Cc1cc(Br)cs1)C(=O)NCC1CCOC1. The van der Waals surface area contributed by atoms with Crippen LogP contribution in [0.4, 0.5) is 4.79 Å². The highest BCUT2D eigenvalue weighted by Crippen LogP contribution is 2.20. The van der Waals surface area contributed by atoms with E-state index in [1.54, 1.807) is 16.2 Å². The van der Waals surface area contributed by atoms with Crippen LogP contribution in [-0.2, 0) is 11.3 Å². The third-order valence-electron chi connectivity index (χ3n) is 2.93. The molecule has 1 aliphatic rings. The number of urea groups is 1. The largest absolute Gasteiger partial charge is 0.381 e. The highest BCUT2D eigenvalue weighted by Gasteiger charge is 2.17. The third-order valence-corrected chi connectivity index (χ3v) is 4.61. The van der Waals surface area contributed by atoms with Crippen LogP contribution in [0.5, 0.6) is 0 Å². The van der Waals surface area contributed by atoms with Gasteiger partial charge in [-0.2, -0.15) is 0 Å². The van der Waals surface area contributed by atoms with Gasteiger partial charge in [0.2, 0.25) is 0 Å². The zero-order chi connectivity index (χ0) is 13.0. The van der Waals surface area contributed by atoms with Gasteiger partial charge in [0, 0.05) is 40.8 Å². The summed E-state index contributed by atoms with van der Waals surface area (Å²) in [7, 11) is 1.81. The van der Waals surface area contributed by atoms with E-state index in [2.05, 4.69) is 21.2 Å². The molecule has 1 fully saturated rings. The molecule has 1 atom stereocenters. The number of hydrogen-bond acceptors (Lipinski definition) is 3. The van der Waals surface area contributed by atoms with Crippen LogP contribution in [0.2, 0.25) is 0 Å². The monoisotopic (exact) mass is 332 g/mol. The molecule has 1 aliphatic heterocycles. The number of thiophene rings is 1. The maximum Gasteiger partial charge on any atom is 0.317 e. The highest BCUT2D eigenvalue weighted by atomic mass is 79.9. The summed E-state index contributed by atoms with van der Waals surface area (Å²) in [5, 5.41) is 4.98. The Labute approximate surface area is 119 Å². The van der Waals surface area contributed by atoms with E-state index in [4.69, 9.17) is 4.74 Å². The van der Waals surface area contributed by atoms with Crippen LogP contribution in [0.25, 0.3) is 0 Å². The summed E-state index contributed by atoms with van der Waals surface area (Å²) in [5.74, 6) is 0.471. The van der Waals surface area contributed by atoms with Crippen LogP contribution < -0.4 is 5.32 Å². The molecule has 1 aromatic heterocycles. The van der Waals surface area contributed by atoms with Crippen LogP contribution in [-0.4, -0.2) is 37.7 Å². The lowest BCUT2D eigenvalue weighted by Gasteiger charge is -2.18. The van der Waals surface area contributed by atoms with Gasteiger partial charge in [-0.05, 0) is 28.4 Å². The van der Waals surface area contributed by atoms with Crippen molar-refractivity contribution in [2.75, 3.05) is 26.8 Å². The molecule has 100 valence electrons. The van der Waals surface area contributed by atoms with E-state index < -0.39 is 0 Å². The minimum atomic E-state index is -0.0218. The summed E-state index contributed by atoms with van der Waals surface area (Å²) < 4.78 is 6.35. The second-order valence-electron chi connectivity index (χ2n) is 4.50. The first-order valence-electron chi connectivity index (χ1n) is 5.95. The molecule has 1 unspecified atom stereocenters. The van der Waals surface area contributed by atoms with Crippen LogP contribution in [0.3, 0.4) is 0 Å². The fourth-order valence-corrected chi connectivity index (χ4v) is 3.36. The van der Waals surface area contributed by atoms with Crippen molar-refractivity contribution in [3.63, 3.8) is 0 Å². The van der Waals surface area contributed by atoms with Crippen LogP contribution in [0.15, 0.2) is 15.9 Å².